The molecule has 0 atom stereocenters. The summed E-state index contributed by atoms with van der Waals surface area (Å²) in [6, 6.07) is 4.97. The fraction of sp³-hybridized carbons (Fsp3) is 0.333. The quantitative estimate of drug-likeness (QED) is 0.868. The van der Waals surface area contributed by atoms with Crippen LogP contribution in [0.15, 0.2) is 44.7 Å². The standard InChI is InChI=1S/C12H16N2O4S/c1-14(2)19(15,16)12-4-3-11(18-12)8-13-7-10-5-6-17-9-10/h3-6,9,13H,7-8H2,1-2H3. The Morgan fingerprint density at radius 2 is 2.00 bits per heavy atom. The fourth-order valence-corrected chi connectivity index (χ4v) is 2.31. The smallest absolute Gasteiger partial charge is 0.275 e. The SMILES string of the molecule is CN(C)S(=O)(=O)c1ccc(CNCc2ccoc2)o1. The van der Waals surface area contributed by atoms with Crippen molar-refractivity contribution in [1.29, 1.82) is 0 Å². The highest BCUT2D eigenvalue weighted by Gasteiger charge is 2.21. The van der Waals surface area contributed by atoms with Crippen molar-refractivity contribution in [1.82, 2.24) is 9.62 Å². The van der Waals surface area contributed by atoms with Gasteiger partial charge in [0.2, 0.25) is 5.09 Å². The molecule has 0 spiro atoms. The number of hydrogen-bond acceptors (Lipinski definition) is 5. The second-order valence-corrected chi connectivity index (χ2v) is 6.33. The van der Waals surface area contributed by atoms with Gasteiger partial charge in [-0.25, -0.2) is 12.7 Å². The lowest BCUT2D eigenvalue weighted by atomic mass is 10.3. The molecule has 0 saturated heterocycles. The highest BCUT2D eigenvalue weighted by atomic mass is 32.2. The van der Waals surface area contributed by atoms with Gasteiger partial charge in [0, 0.05) is 26.2 Å². The molecule has 104 valence electrons. The van der Waals surface area contributed by atoms with Crippen molar-refractivity contribution < 1.29 is 17.3 Å². The van der Waals surface area contributed by atoms with E-state index in [9.17, 15) is 8.42 Å². The van der Waals surface area contributed by atoms with Gasteiger partial charge in [0.05, 0.1) is 19.1 Å². The van der Waals surface area contributed by atoms with Crippen molar-refractivity contribution in [2.24, 2.45) is 0 Å². The van der Waals surface area contributed by atoms with Gasteiger partial charge in [0.1, 0.15) is 5.76 Å². The van der Waals surface area contributed by atoms with Gasteiger partial charge in [-0.15, -0.1) is 0 Å². The molecule has 2 rings (SSSR count). The molecule has 7 heteroatoms. The summed E-state index contributed by atoms with van der Waals surface area (Å²) in [5, 5.41) is 3.09. The van der Waals surface area contributed by atoms with Crippen LogP contribution in [-0.2, 0) is 23.1 Å². The van der Waals surface area contributed by atoms with Gasteiger partial charge in [-0.05, 0) is 18.2 Å². The predicted octanol–water partition coefficient (Wildman–Crippen LogP) is 1.41. The lowest BCUT2D eigenvalue weighted by molar-refractivity contribution is 0.389. The third kappa shape index (κ3) is 3.25. The molecule has 0 radical (unpaired) electrons. The van der Waals surface area contributed by atoms with E-state index in [1.54, 1.807) is 18.6 Å². The van der Waals surface area contributed by atoms with Crippen LogP contribution in [0.5, 0.6) is 0 Å². The van der Waals surface area contributed by atoms with Crippen LogP contribution >= 0.6 is 0 Å². The van der Waals surface area contributed by atoms with Gasteiger partial charge in [-0.2, -0.15) is 0 Å². The predicted molar refractivity (Wildman–Crippen MR) is 68.8 cm³/mol. The van der Waals surface area contributed by atoms with Crippen molar-refractivity contribution in [3.05, 3.63) is 42.0 Å². The Bertz CT molecular complexity index is 614. The summed E-state index contributed by atoms with van der Waals surface area (Å²) in [7, 11) is -0.567. The Morgan fingerprint density at radius 3 is 2.63 bits per heavy atom. The number of nitrogens with zero attached hydrogens (tertiary/aromatic N) is 1. The van der Waals surface area contributed by atoms with Gasteiger partial charge in [0.25, 0.3) is 10.0 Å². The van der Waals surface area contributed by atoms with E-state index in [1.165, 1.54) is 20.2 Å². The maximum absolute atomic E-state index is 11.8. The first-order chi connectivity index (χ1) is 9.00. The first kappa shape index (κ1) is 13.9. The van der Waals surface area contributed by atoms with Crippen LogP contribution in [0, 0.1) is 0 Å². The van der Waals surface area contributed by atoms with Crippen molar-refractivity contribution in [2.45, 2.75) is 18.2 Å². The summed E-state index contributed by atoms with van der Waals surface area (Å²) in [6.07, 6.45) is 3.25. The minimum absolute atomic E-state index is 0.0439. The molecule has 2 heterocycles. The molecule has 2 aromatic heterocycles. The van der Waals surface area contributed by atoms with Crippen LogP contribution in [0.1, 0.15) is 11.3 Å². The Morgan fingerprint density at radius 1 is 1.21 bits per heavy atom. The van der Waals surface area contributed by atoms with Gasteiger partial charge >= 0.3 is 0 Å². The zero-order valence-electron chi connectivity index (χ0n) is 10.8. The summed E-state index contributed by atoms with van der Waals surface area (Å²) in [5.74, 6) is 0.573. The maximum atomic E-state index is 11.8. The molecule has 0 aliphatic heterocycles. The van der Waals surface area contributed by atoms with E-state index in [-0.39, 0.29) is 5.09 Å². The minimum Gasteiger partial charge on any atom is -0.472 e. The molecule has 0 aliphatic rings. The third-order valence-corrected chi connectivity index (χ3v) is 4.27. The first-order valence-electron chi connectivity index (χ1n) is 5.73. The lowest BCUT2D eigenvalue weighted by Gasteiger charge is -2.07. The third-order valence-electron chi connectivity index (χ3n) is 2.58. The van der Waals surface area contributed by atoms with Gasteiger partial charge in [-0.3, -0.25) is 0 Å². The molecule has 19 heavy (non-hydrogen) atoms. The van der Waals surface area contributed by atoms with E-state index < -0.39 is 10.0 Å². The van der Waals surface area contributed by atoms with E-state index in [0.717, 1.165) is 9.87 Å². The summed E-state index contributed by atoms with van der Waals surface area (Å²) in [6.45, 7) is 1.08. The molecule has 0 amide bonds. The first-order valence-corrected chi connectivity index (χ1v) is 7.17. The Hall–Kier alpha value is -1.57. The van der Waals surface area contributed by atoms with E-state index in [0.29, 0.717) is 18.8 Å². The summed E-state index contributed by atoms with van der Waals surface area (Å²) in [4.78, 5) is 0. The van der Waals surface area contributed by atoms with Gasteiger partial charge in [-0.1, -0.05) is 0 Å². The second-order valence-electron chi connectivity index (χ2n) is 4.24. The second kappa shape index (κ2) is 5.60. The highest BCUT2D eigenvalue weighted by Crippen LogP contribution is 2.16. The number of rotatable bonds is 6. The van der Waals surface area contributed by atoms with Crippen LogP contribution in [0.2, 0.25) is 0 Å². The fourth-order valence-electron chi connectivity index (χ4n) is 1.50. The van der Waals surface area contributed by atoms with E-state index in [4.69, 9.17) is 8.83 Å². The molecule has 6 nitrogen and oxygen atoms in total. The Kier molecular flexibility index (Phi) is 4.08. The lowest BCUT2D eigenvalue weighted by Crippen LogP contribution is -2.21. The Balaban J connectivity index is 1.94. The van der Waals surface area contributed by atoms with Gasteiger partial charge < -0.3 is 14.2 Å². The average Bonchev–Trinajstić information content (AvgIpc) is 2.99. The summed E-state index contributed by atoms with van der Waals surface area (Å²) in [5.41, 5.74) is 1.02. The largest absolute Gasteiger partial charge is 0.472 e. The molecule has 0 fully saturated rings. The molecular formula is C12H16N2O4S. The molecule has 1 N–H and O–H groups in total. The molecule has 0 aromatic carbocycles. The van der Waals surface area contributed by atoms with Crippen LogP contribution in [0.3, 0.4) is 0 Å². The molecule has 2 aromatic rings. The summed E-state index contributed by atoms with van der Waals surface area (Å²) < 4.78 is 35.0. The number of nitrogens with one attached hydrogen (secondary N) is 1. The molecular weight excluding hydrogens is 268 g/mol. The Labute approximate surface area is 112 Å². The topological polar surface area (TPSA) is 75.7 Å². The number of furan rings is 2. The average molecular weight is 284 g/mol. The van der Waals surface area contributed by atoms with Crippen molar-refractivity contribution >= 4 is 10.0 Å². The van der Waals surface area contributed by atoms with Crippen molar-refractivity contribution in [2.75, 3.05) is 14.1 Å². The van der Waals surface area contributed by atoms with Crippen molar-refractivity contribution in [3.63, 3.8) is 0 Å². The minimum atomic E-state index is -3.50. The van der Waals surface area contributed by atoms with E-state index >= 15 is 0 Å². The van der Waals surface area contributed by atoms with Gasteiger partial charge in [0.15, 0.2) is 0 Å². The number of sulfonamides is 1. The van der Waals surface area contributed by atoms with E-state index in [1.807, 2.05) is 6.07 Å². The zero-order valence-corrected chi connectivity index (χ0v) is 11.6. The normalized spacial score (nSPS) is 12.2. The van der Waals surface area contributed by atoms with Crippen LogP contribution < -0.4 is 5.32 Å². The molecule has 0 aliphatic carbocycles. The maximum Gasteiger partial charge on any atom is 0.275 e. The summed E-state index contributed by atoms with van der Waals surface area (Å²) >= 11 is 0. The number of hydrogen-bond donors (Lipinski definition) is 1. The monoisotopic (exact) mass is 284 g/mol. The van der Waals surface area contributed by atoms with Crippen molar-refractivity contribution in [3.8, 4) is 0 Å². The van der Waals surface area contributed by atoms with E-state index in [2.05, 4.69) is 5.32 Å². The molecule has 0 saturated carbocycles. The highest BCUT2D eigenvalue weighted by molar-refractivity contribution is 7.88. The van der Waals surface area contributed by atoms with Crippen LogP contribution in [0.25, 0.3) is 0 Å². The van der Waals surface area contributed by atoms with Crippen LogP contribution in [-0.4, -0.2) is 26.8 Å². The zero-order chi connectivity index (χ0) is 13.9. The molecule has 0 unspecified atom stereocenters. The molecule has 0 bridgehead atoms. The van der Waals surface area contributed by atoms with Crippen LogP contribution in [0.4, 0.5) is 0 Å².